The third-order valence-electron chi connectivity index (χ3n) is 2.75. The lowest BCUT2D eigenvalue weighted by Crippen LogP contribution is -2.22. The van der Waals surface area contributed by atoms with E-state index in [1.807, 2.05) is 0 Å². The average Bonchev–Trinajstić information content (AvgIpc) is 2.40. The Morgan fingerprint density at radius 2 is 2.00 bits per heavy atom. The van der Waals surface area contributed by atoms with E-state index in [4.69, 9.17) is 5.11 Å². The van der Waals surface area contributed by atoms with Gasteiger partial charge in [-0.05, 0) is 25.1 Å². The van der Waals surface area contributed by atoms with E-state index >= 15 is 0 Å². The maximum absolute atomic E-state index is 12.7. The second kappa shape index (κ2) is 5.51. The minimum atomic E-state index is -4.52. The van der Waals surface area contributed by atoms with Crippen LogP contribution in [0.1, 0.15) is 11.3 Å². The average molecular weight is 313 g/mol. The molecule has 0 spiro atoms. The van der Waals surface area contributed by atoms with Crippen molar-refractivity contribution in [2.75, 3.05) is 5.32 Å². The first-order valence-corrected chi connectivity index (χ1v) is 5.97. The van der Waals surface area contributed by atoms with Crippen LogP contribution in [0.2, 0.25) is 0 Å². The second-order valence-electron chi connectivity index (χ2n) is 4.39. The SMILES string of the molecule is Cc1cc(=O)c(NC(=O)O)nn1-c1cccc(C(F)(F)F)c1. The first-order chi connectivity index (χ1) is 10.2. The number of aryl methyl sites for hydroxylation is 1. The maximum Gasteiger partial charge on any atom is 0.416 e. The van der Waals surface area contributed by atoms with Crippen LogP contribution < -0.4 is 10.7 Å². The van der Waals surface area contributed by atoms with Gasteiger partial charge >= 0.3 is 12.3 Å². The topological polar surface area (TPSA) is 84.2 Å². The Morgan fingerprint density at radius 1 is 1.32 bits per heavy atom. The highest BCUT2D eigenvalue weighted by molar-refractivity contribution is 5.81. The van der Waals surface area contributed by atoms with Crippen molar-refractivity contribution in [3.63, 3.8) is 0 Å². The van der Waals surface area contributed by atoms with Gasteiger partial charge in [-0.25, -0.2) is 9.48 Å². The van der Waals surface area contributed by atoms with E-state index in [2.05, 4.69) is 5.10 Å². The van der Waals surface area contributed by atoms with Gasteiger partial charge in [0.15, 0.2) is 0 Å². The van der Waals surface area contributed by atoms with Crippen molar-refractivity contribution in [3.8, 4) is 5.69 Å². The molecule has 0 radical (unpaired) electrons. The number of alkyl halides is 3. The van der Waals surface area contributed by atoms with Crippen molar-refractivity contribution >= 4 is 11.9 Å². The third kappa shape index (κ3) is 3.25. The van der Waals surface area contributed by atoms with E-state index in [-0.39, 0.29) is 11.4 Å². The summed E-state index contributed by atoms with van der Waals surface area (Å²) in [5, 5.41) is 14.2. The Labute approximate surface area is 121 Å². The maximum atomic E-state index is 12.7. The van der Waals surface area contributed by atoms with Crippen LogP contribution in [0.5, 0.6) is 0 Å². The molecule has 0 saturated heterocycles. The molecule has 6 nitrogen and oxygen atoms in total. The van der Waals surface area contributed by atoms with Gasteiger partial charge in [-0.2, -0.15) is 13.2 Å². The van der Waals surface area contributed by atoms with Gasteiger partial charge in [0, 0.05) is 11.8 Å². The van der Waals surface area contributed by atoms with Gasteiger partial charge in [-0.15, -0.1) is 5.10 Å². The molecule has 0 fully saturated rings. The number of carboxylic acid groups (broad SMARTS) is 1. The van der Waals surface area contributed by atoms with Crippen LogP contribution in [0.15, 0.2) is 35.1 Å². The molecule has 0 aliphatic rings. The number of hydrogen-bond acceptors (Lipinski definition) is 3. The molecule has 2 N–H and O–H groups in total. The molecule has 2 rings (SSSR count). The van der Waals surface area contributed by atoms with E-state index in [1.54, 1.807) is 5.32 Å². The molecule has 0 aliphatic carbocycles. The summed E-state index contributed by atoms with van der Waals surface area (Å²) in [4.78, 5) is 22.2. The minimum Gasteiger partial charge on any atom is -0.465 e. The molecule has 0 bridgehead atoms. The second-order valence-corrected chi connectivity index (χ2v) is 4.39. The lowest BCUT2D eigenvalue weighted by atomic mass is 10.2. The molecule has 9 heteroatoms. The molecule has 0 unspecified atom stereocenters. The van der Waals surface area contributed by atoms with Crippen LogP contribution >= 0.6 is 0 Å². The van der Waals surface area contributed by atoms with Crippen LogP contribution in [-0.4, -0.2) is 21.0 Å². The number of aromatic nitrogens is 2. The Bertz CT molecular complexity index is 784. The van der Waals surface area contributed by atoms with Crippen molar-refractivity contribution < 1.29 is 23.1 Å². The Kier molecular flexibility index (Phi) is 3.89. The number of rotatable bonds is 2. The molecule has 1 aromatic carbocycles. The summed E-state index contributed by atoms with van der Waals surface area (Å²) in [6.45, 7) is 1.47. The molecule has 1 aromatic heterocycles. The molecular weight excluding hydrogens is 303 g/mol. The van der Waals surface area contributed by atoms with Crippen molar-refractivity contribution in [1.82, 2.24) is 9.78 Å². The highest BCUT2D eigenvalue weighted by Crippen LogP contribution is 2.30. The molecule has 0 atom stereocenters. The smallest absolute Gasteiger partial charge is 0.416 e. The van der Waals surface area contributed by atoms with E-state index < -0.39 is 29.1 Å². The lowest BCUT2D eigenvalue weighted by Gasteiger charge is -2.13. The van der Waals surface area contributed by atoms with Crippen LogP contribution in [0.25, 0.3) is 5.69 Å². The number of hydrogen-bond donors (Lipinski definition) is 2. The van der Waals surface area contributed by atoms with E-state index in [0.29, 0.717) is 0 Å². The van der Waals surface area contributed by atoms with Crippen molar-refractivity contribution in [1.29, 1.82) is 0 Å². The first kappa shape index (κ1) is 15.5. The monoisotopic (exact) mass is 313 g/mol. The van der Waals surface area contributed by atoms with Gasteiger partial charge < -0.3 is 5.11 Å². The summed E-state index contributed by atoms with van der Waals surface area (Å²) in [5.74, 6) is -0.490. The van der Waals surface area contributed by atoms with Gasteiger partial charge in [0.25, 0.3) is 0 Å². The van der Waals surface area contributed by atoms with Crippen molar-refractivity contribution in [2.45, 2.75) is 13.1 Å². The van der Waals surface area contributed by atoms with Crippen LogP contribution in [0, 0.1) is 6.92 Å². The summed E-state index contributed by atoms with van der Waals surface area (Å²) >= 11 is 0. The van der Waals surface area contributed by atoms with E-state index in [9.17, 15) is 22.8 Å². The summed E-state index contributed by atoms with van der Waals surface area (Å²) in [6.07, 6.45) is -6.02. The Morgan fingerprint density at radius 3 is 2.59 bits per heavy atom. The number of halogens is 3. The zero-order valence-corrected chi connectivity index (χ0v) is 11.2. The van der Waals surface area contributed by atoms with Crippen molar-refractivity contribution in [2.24, 2.45) is 0 Å². The molecule has 22 heavy (non-hydrogen) atoms. The highest BCUT2D eigenvalue weighted by atomic mass is 19.4. The third-order valence-corrected chi connectivity index (χ3v) is 2.75. The number of amides is 1. The van der Waals surface area contributed by atoms with Crippen LogP contribution in [-0.2, 0) is 6.18 Å². The van der Waals surface area contributed by atoms with Crippen molar-refractivity contribution in [3.05, 3.63) is 51.8 Å². The minimum absolute atomic E-state index is 0.0563. The largest absolute Gasteiger partial charge is 0.465 e. The highest BCUT2D eigenvalue weighted by Gasteiger charge is 2.30. The number of nitrogens with zero attached hydrogens (tertiary/aromatic N) is 2. The van der Waals surface area contributed by atoms with E-state index in [1.165, 1.54) is 19.1 Å². The molecule has 0 saturated carbocycles. The van der Waals surface area contributed by atoms with E-state index in [0.717, 1.165) is 22.9 Å². The number of benzene rings is 1. The van der Waals surface area contributed by atoms with Gasteiger partial charge in [-0.1, -0.05) is 6.07 Å². The fourth-order valence-corrected chi connectivity index (χ4v) is 1.81. The standard InChI is InChI=1S/C13H10F3N3O3/c1-7-5-10(20)11(17-12(21)22)18-19(7)9-4-2-3-8(6-9)13(14,15)16/h2-6H,1H3,(H,17,18)(H,21,22). The molecule has 1 heterocycles. The molecule has 0 aliphatic heterocycles. The molecule has 116 valence electrons. The quantitative estimate of drug-likeness (QED) is 0.892. The lowest BCUT2D eigenvalue weighted by molar-refractivity contribution is -0.137. The summed E-state index contributed by atoms with van der Waals surface area (Å²) in [5.41, 5.74) is -1.23. The summed E-state index contributed by atoms with van der Waals surface area (Å²) in [7, 11) is 0. The fourth-order valence-electron chi connectivity index (χ4n) is 1.81. The summed E-state index contributed by atoms with van der Waals surface area (Å²) < 4.78 is 39.2. The van der Waals surface area contributed by atoms with Gasteiger partial charge in [0.1, 0.15) is 0 Å². The number of anilines is 1. The fraction of sp³-hybridized carbons (Fsp3) is 0.154. The van der Waals surface area contributed by atoms with Gasteiger partial charge in [0.2, 0.25) is 11.2 Å². The normalized spacial score (nSPS) is 11.3. The predicted molar refractivity (Wildman–Crippen MR) is 71.2 cm³/mol. The zero-order chi connectivity index (χ0) is 16.5. The van der Waals surface area contributed by atoms with Crippen LogP contribution in [0.4, 0.5) is 23.8 Å². The Balaban J connectivity index is 2.57. The van der Waals surface area contributed by atoms with Gasteiger partial charge in [-0.3, -0.25) is 10.1 Å². The molecule has 1 amide bonds. The predicted octanol–water partition coefficient (Wildman–Crippen LogP) is 2.65. The van der Waals surface area contributed by atoms with Gasteiger partial charge in [0.05, 0.1) is 11.3 Å². The number of nitrogens with one attached hydrogen (secondary N) is 1. The Hall–Kier alpha value is -2.84. The van der Waals surface area contributed by atoms with Crippen LogP contribution in [0.3, 0.4) is 0 Å². The molecule has 2 aromatic rings. The first-order valence-electron chi connectivity index (χ1n) is 5.97. The molecular formula is C13H10F3N3O3. The zero-order valence-electron chi connectivity index (χ0n) is 11.2. The number of carbonyl (C=O) groups is 1. The summed E-state index contributed by atoms with van der Waals surface area (Å²) in [6, 6.07) is 5.40.